The number of fused-ring (bicyclic) bond motifs is 1. The largest absolute Gasteiger partial charge is 0.0992 e. The molecule has 0 N–H and O–H groups in total. The minimum atomic E-state index is 0.623. The number of allylic oxidation sites excluding steroid dienone is 3. The van der Waals surface area contributed by atoms with E-state index in [2.05, 4.69) is 74.2 Å². The van der Waals surface area contributed by atoms with Crippen molar-refractivity contribution in [3.8, 4) is 0 Å². The summed E-state index contributed by atoms with van der Waals surface area (Å²) < 4.78 is 0. The van der Waals surface area contributed by atoms with E-state index < -0.39 is 0 Å². The Bertz CT molecular complexity index is 751. The normalized spacial score (nSPS) is 26.7. The molecule has 2 aliphatic carbocycles. The molecular weight excluding hydrogens is 276 g/mol. The lowest BCUT2D eigenvalue weighted by molar-refractivity contribution is 0.319. The second kappa shape index (κ2) is 5.85. The van der Waals surface area contributed by atoms with Gasteiger partial charge in [-0.3, -0.25) is 0 Å². The number of hydrogen-bond acceptors (Lipinski definition) is 0. The van der Waals surface area contributed by atoms with Gasteiger partial charge in [0.25, 0.3) is 0 Å². The highest BCUT2D eigenvalue weighted by Gasteiger charge is 2.35. The first-order valence-corrected chi connectivity index (χ1v) is 8.73. The third kappa shape index (κ3) is 2.67. The van der Waals surface area contributed by atoms with Gasteiger partial charge in [-0.1, -0.05) is 79.7 Å². The maximum absolute atomic E-state index is 4.45. The first-order valence-electron chi connectivity index (χ1n) is 8.73. The SMILES string of the molecule is C=C1Cc2ccccc2CC1C1CC(c2ccccc2)=CC1C. The second-order valence-electron chi connectivity index (χ2n) is 7.20. The molecule has 0 radical (unpaired) electrons. The van der Waals surface area contributed by atoms with E-state index in [4.69, 9.17) is 0 Å². The zero-order valence-corrected chi connectivity index (χ0v) is 13.8. The molecule has 23 heavy (non-hydrogen) atoms. The smallest absolute Gasteiger partial charge is 0.00641 e. The quantitative estimate of drug-likeness (QED) is 0.624. The molecule has 2 aromatic rings. The lowest BCUT2D eigenvalue weighted by Gasteiger charge is -2.34. The Balaban J connectivity index is 1.57. The van der Waals surface area contributed by atoms with Crippen LogP contribution in [0.25, 0.3) is 5.57 Å². The van der Waals surface area contributed by atoms with Gasteiger partial charge in [0.2, 0.25) is 0 Å². The Morgan fingerprint density at radius 2 is 1.57 bits per heavy atom. The van der Waals surface area contributed by atoms with Gasteiger partial charge in [-0.15, -0.1) is 0 Å². The summed E-state index contributed by atoms with van der Waals surface area (Å²) >= 11 is 0. The van der Waals surface area contributed by atoms with E-state index in [1.807, 2.05) is 0 Å². The van der Waals surface area contributed by atoms with Crippen LogP contribution < -0.4 is 0 Å². The van der Waals surface area contributed by atoms with Crippen LogP contribution in [0.4, 0.5) is 0 Å². The van der Waals surface area contributed by atoms with Crippen LogP contribution in [-0.4, -0.2) is 0 Å². The molecule has 2 aliphatic rings. The molecular formula is C23H24. The average molecular weight is 300 g/mol. The summed E-state index contributed by atoms with van der Waals surface area (Å²) in [6, 6.07) is 19.8. The summed E-state index contributed by atoms with van der Waals surface area (Å²) in [4.78, 5) is 0. The van der Waals surface area contributed by atoms with Crippen molar-refractivity contribution in [2.75, 3.05) is 0 Å². The summed E-state index contributed by atoms with van der Waals surface area (Å²) in [6.45, 7) is 6.83. The molecule has 0 heterocycles. The predicted octanol–water partition coefficient (Wildman–Crippen LogP) is 5.70. The molecule has 0 saturated carbocycles. The molecule has 0 aliphatic heterocycles. The van der Waals surface area contributed by atoms with Crippen LogP contribution in [0.1, 0.15) is 30.0 Å². The van der Waals surface area contributed by atoms with Gasteiger partial charge in [-0.05, 0) is 59.3 Å². The first-order chi connectivity index (χ1) is 11.2. The Kier molecular flexibility index (Phi) is 3.69. The summed E-state index contributed by atoms with van der Waals surface area (Å²) in [6.07, 6.45) is 5.91. The number of rotatable bonds is 2. The lowest BCUT2D eigenvalue weighted by atomic mass is 9.71. The summed E-state index contributed by atoms with van der Waals surface area (Å²) in [7, 11) is 0. The Hall–Kier alpha value is -2.08. The highest BCUT2D eigenvalue weighted by Crippen LogP contribution is 2.45. The van der Waals surface area contributed by atoms with Gasteiger partial charge >= 0.3 is 0 Å². The number of hydrogen-bond donors (Lipinski definition) is 0. The van der Waals surface area contributed by atoms with Crippen molar-refractivity contribution < 1.29 is 0 Å². The molecule has 0 fully saturated rings. The monoisotopic (exact) mass is 300 g/mol. The van der Waals surface area contributed by atoms with Crippen LogP contribution in [0, 0.1) is 17.8 Å². The van der Waals surface area contributed by atoms with Crippen LogP contribution in [0.15, 0.2) is 72.8 Å². The van der Waals surface area contributed by atoms with Crippen molar-refractivity contribution in [2.45, 2.75) is 26.2 Å². The van der Waals surface area contributed by atoms with Crippen LogP contribution >= 0.6 is 0 Å². The van der Waals surface area contributed by atoms with Crippen LogP contribution in [0.5, 0.6) is 0 Å². The lowest BCUT2D eigenvalue weighted by Crippen LogP contribution is -2.26. The minimum Gasteiger partial charge on any atom is -0.0992 e. The van der Waals surface area contributed by atoms with Gasteiger partial charge in [0.1, 0.15) is 0 Å². The van der Waals surface area contributed by atoms with Crippen molar-refractivity contribution in [3.05, 3.63) is 89.5 Å². The third-order valence-electron chi connectivity index (χ3n) is 5.76. The van der Waals surface area contributed by atoms with Gasteiger partial charge in [-0.25, -0.2) is 0 Å². The molecule has 0 spiro atoms. The molecule has 3 atom stereocenters. The topological polar surface area (TPSA) is 0 Å². The highest BCUT2D eigenvalue weighted by atomic mass is 14.4. The summed E-state index contributed by atoms with van der Waals surface area (Å²) in [5, 5.41) is 0. The fourth-order valence-corrected chi connectivity index (χ4v) is 4.46. The Morgan fingerprint density at radius 3 is 2.35 bits per heavy atom. The third-order valence-corrected chi connectivity index (χ3v) is 5.76. The van der Waals surface area contributed by atoms with E-state index in [0.29, 0.717) is 17.8 Å². The Morgan fingerprint density at radius 1 is 0.870 bits per heavy atom. The fourth-order valence-electron chi connectivity index (χ4n) is 4.46. The zero-order valence-electron chi connectivity index (χ0n) is 13.8. The maximum Gasteiger partial charge on any atom is -0.00641 e. The van der Waals surface area contributed by atoms with Crippen molar-refractivity contribution in [1.29, 1.82) is 0 Å². The molecule has 116 valence electrons. The maximum atomic E-state index is 4.45. The molecule has 0 aromatic heterocycles. The molecule has 3 unspecified atom stereocenters. The molecule has 0 nitrogen and oxygen atoms in total. The van der Waals surface area contributed by atoms with E-state index in [-0.39, 0.29) is 0 Å². The minimum absolute atomic E-state index is 0.623. The van der Waals surface area contributed by atoms with E-state index in [0.717, 1.165) is 6.42 Å². The fraction of sp³-hybridized carbons (Fsp3) is 0.304. The van der Waals surface area contributed by atoms with E-state index in [1.165, 1.54) is 40.7 Å². The van der Waals surface area contributed by atoms with Gasteiger partial charge < -0.3 is 0 Å². The molecule has 4 rings (SSSR count). The average Bonchev–Trinajstić information content (AvgIpc) is 2.97. The Labute approximate surface area is 139 Å². The van der Waals surface area contributed by atoms with Crippen molar-refractivity contribution in [1.82, 2.24) is 0 Å². The molecule has 0 heteroatoms. The standard InChI is InChI=1S/C23H24/c1-16-12-19-10-6-7-11-20(19)14-22(16)23-15-21(13-17(23)2)18-8-4-3-5-9-18/h3-11,13,17,22-23H,1,12,14-15H2,2H3. The highest BCUT2D eigenvalue weighted by molar-refractivity contribution is 5.68. The molecule has 0 saturated heterocycles. The van der Waals surface area contributed by atoms with E-state index in [1.54, 1.807) is 0 Å². The second-order valence-corrected chi connectivity index (χ2v) is 7.20. The van der Waals surface area contributed by atoms with Crippen molar-refractivity contribution in [3.63, 3.8) is 0 Å². The van der Waals surface area contributed by atoms with Crippen LogP contribution in [0.2, 0.25) is 0 Å². The number of benzene rings is 2. The van der Waals surface area contributed by atoms with Gasteiger partial charge in [0.05, 0.1) is 0 Å². The van der Waals surface area contributed by atoms with Gasteiger partial charge in [-0.2, -0.15) is 0 Å². The van der Waals surface area contributed by atoms with E-state index in [9.17, 15) is 0 Å². The first kappa shape index (κ1) is 14.5. The summed E-state index contributed by atoms with van der Waals surface area (Å²) in [5.41, 5.74) is 7.36. The molecule has 0 amide bonds. The van der Waals surface area contributed by atoms with Gasteiger partial charge in [0, 0.05) is 0 Å². The van der Waals surface area contributed by atoms with Crippen molar-refractivity contribution in [2.24, 2.45) is 17.8 Å². The van der Waals surface area contributed by atoms with Crippen LogP contribution in [-0.2, 0) is 12.8 Å². The van der Waals surface area contributed by atoms with Gasteiger partial charge in [0.15, 0.2) is 0 Å². The molecule has 2 aromatic carbocycles. The summed E-state index contributed by atoms with van der Waals surface area (Å²) in [5.74, 6) is 1.96. The van der Waals surface area contributed by atoms with E-state index >= 15 is 0 Å². The van der Waals surface area contributed by atoms with Crippen LogP contribution in [0.3, 0.4) is 0 Å². The molecule has 0 bridgehead atoms. The zero-order chi connectivity index (χ0) is 15.8. The predicted molar refractivity (Wildman–Crippen MR) is 98.2 cm³/mol. The van der Waals surface area contributed by atoms with Crippen molar-refractivity contribution >= 4 is 5.57 Å².